The van der Waals surface area contributed by atoms with Crippen molar-refractivity contribution in [2.75, 3.05) is 0 Å². The fourth-order valence-corrected chi connectivity index (χ4v) is 24.6. The Kier molecular flexibility index (Phi) is 12.1. The van der Waals surface area contributed by atoms with Crippen molar-refractivity contribution in [1.29, 1.82) is 0 Å². The van der Waals surface area contributed by atoms with Gasteiger partial charge in [-0.3, -0.25) is 0 Å². The molecule has 0 saturated heterocycles. The Morgan fingerprint density at radius 2 is 0.911 bits per heavy atom. The molecule has 45 heavy (non-hydrogen) atoms. The summed E-state index contributed by atoms with van der Waals surface area (Å²) >= 11 is 0.0520. The molecular weight excluding hydrogens is 703 g/mol. The maximum atomic E-state index is 3.65. The van der Waals surface area contributed by atoms with Crippen molar-refractivity contribution in [3.8, 4) is 11.5 Å². The average molecular weight is 744 g/mol. The van der Waals surface area contributed by atoms with Gasteiger partial charge >= 0.3 is 286 Å². The van der Waals surface area contributed by atoms with E-state index in [1.807, 2.05) is 23.5 Å². The molecule has 0 unspecified atom stereocenters. The summed E-state index contributed by atoms with van der Waals surface area (Å²) in [4.78, 5) is 1.13. The minimum atomic E-state index is -3.80. The molecule has 0 amide bonds. The number of rotatable bonds is 11. The zero-order chi connectivity index (χ0) is 31.4. The van der Waals surface area contributed by atoms with Crippen LogP contribution in [-0.2, 0) is 11.5 Å². The van der Waals surface area contributed by atoms with Gasteiger partial charge in [0.05, 0.1) is 0 Å². The zero-order valence-electron chi connectivity index (χ0n) is 26.3. The van der Waals surface area contributed by atoms with E-state index in [9.17, 15) is 0 Å². The Hall–Kier alpha value is -3.14. The van der Waals surface area contributed by atoms with Gasteiger partial charge < -0.3 is 0 Å². The fraction of sp³-hybridized carbons (Fsp3) is 0.122. The van der Waals surface area contributed by atoms with E-state index in [0.29, 0.717) is 0 Å². The Morgan fingerprint density at radius 3 is 1.31 bits per heavy atom. The van der Waals surface area contributed by atoms with Crippen molar-refractivity contribution in [2.45, 2.75) is 31.1 Å². The third kappa shape index (κ3) is 9.21. The van der Waals surface area contributed by atoms with Gasteiger partial charge in [0.25, 0.3) is 0 Å². The second kappa shape index (κ2) is 16.4. The fourth-order valence-electron chi connectivity index (χ4n) is 5.27. The van der Waals surface area contributed by atoms with Gasteiger partial charge in [-0.1, -0.05) is 0 Å². The van der Waals surface area contributed by atoms with Crippen molar-refractivity contribution in [3.05, 3.63) is 183 Å². The molecule has 0 aromatic heterocycles. The summed E-state index contributed by atoms with van der Waals surface area (Å²) in [5.74, 6) is 5.45. The first kappa shape index (κ1) is 33.2. The molecule has 5 aromatic rings. The van der Waals surface area contributed by atoms with E-state index in [4.69, 9.17) is 0 Å². The Bertz CT molecular complexity index is 1650. The molecule has 4 heteroatoms. The van der Waals surface area contributed by atoms with Crippen LogP contribution in [0.3, 0.4) is 0 Å². The van der Waals surface area contributed by atoms with Crippen LogP contribution < -0.4 is 10.7 Å². The van der Waals surface area contributed by atoms with Crippen LogP contribution in [0.25, 0.3) is 0 Å². The van der Waals surface area contributed by atoms with Gasteiger partial charge in [0.15, 0.2) is 0 Å². The van der Waals surface area contributed by atoms with Gasteiger partial charge in [0.1, 0.15) is 0 Å². The van der Waals surface area contributed by atoms with Gasteiger partial charge in [-0.2, -0.15) is 0 Å². The molecule has 0 nitrogen and oxygen atoms in total. The molecule has 224 valence electrons. The van der Waals surface area contributed by atoms with Crippen LogP contribution >= 0.6 is 23.5 Å². The Labute approximate surface area is 284 Å². The van der Waals surface area contributed by atoms with Crippen LogP contribution in [0.2, 0.25) is 19.6 Å². The molecule has 0 N–H and O–H groups in total. The van der Waals surface area contributed by atoms with E-state index in [2.05, 4.69) is 195 Å². The predicted octanol–water partition coefficient (Wildman–Crippen LogP) is 9.21. The summed E-state index contributed by atoms with van der Waals surface area (Å²) in [6.45, 7) is 6.95. The molecule has 0 aliphatic heterocycles. The van der Waals surface area contributed by atoms with Crippen molar-refractivity contribution in [2.24, 2.45) is 0 Å². The number of benzene rings is 5. The van der Waals surface area contributed by atoms with Crippen LogP contribution in [0.5, 0.6) is 0 Å². The maximum absolute atomic E-state index is 3.80. The average Bonchev–Trinajstić information content (AvgIpc) is 3.08. The van der Waals surface area contributed by atoms with Crippen LogP contribution in [-0.4, -0.2) is 26.5 Å². The van der Waals surface area contributed by atoms with Crippen molar-refractivity contribution >= 4 is 60.7 Å². The van der Waals surface area contributed by atoms with E-state index < -0.39 is 26.5 Å². The Morgan fingerprint density at radius 1 is 0.533 bits per heavy atom. The minimum absolute atomic E-state index is 0.901. The first-order chi connectivity index (χ1) is 21.9. The van der Waals surface area contributed by atoms with Gasteiger partial charge in [0, 0.05) is 0 Å². The second-order valence-electron chi connectivity index (χ2n) is 12.0. The molecule has 0 saturated carbocycles. The second-order valence-corrected chi connectivity index (χ2v) is 30.5. The quantitative estimate of drug-likeness (QED) is 0.0753. The van der Waals surface area contributed by atoms with E-state index in [1.54, 1.807) is 0 Å². The third-order valence-electron chi connectivity index (χ3n) is 7.41. The van der Waals surface area contributed by atoms with Crippen LogP contribution in [0.1, 0.15) is 11.1 Å². The summed E-state index contributed by atoms with van der Waals surface area (Å²) in [5, 5.41) is 0. The third-order valence-corrected chi connectivity index (χ3v) is 26.4. The number of hydrogen-bond acceptors (Lipinski definition) is 2. The number of hydrogen-bond donors (Lipinski definition) is 0. The van der Waals surface area contributed by atoms with E-state index in [0.717, 1.165) is 16.4 Å². The van der Waals surface area contributed by atoms with Crippen molar-refractivity contribution in [1.82, 2.24) is 0 Å². The molecule has 0 radical (unpaired) electrons. The number of allylic oxidation sites excluding steroid dienone is 3. The van der Waals surface area contributed by atoms with Gasteiger partial charge in [-0.25, -0.2) is 0 Å². The molecule has 0 spiro atoms. The van der Waals surface area contributed by atoms with Crippen molar-refractivity contribution < 1.29 is 0 Å². The SMILES string of the molecule is C[Si](C)(C)C#C/C(=C/C=[C](\SCc1ccccc1)[Sn]([c]1ccccc1)([c]1ccccc1)[c]1ccccc1)SCc1ccccc1. The summed E-state index contributed by atoms with van der Waals surface area (Å²) < 4.78 is 5.84. The molecule has 0 fully saturated rings. The normalized spacial score (nSPS) is 12.3. The van der Waals surface area contributed by atoms with Gasteiger partial charge in [0.2, 0.25) is 0 Å². The predicted molar refractivity (Wildman–Crippen MR) is 207 cm³/mol. The van der Waals surface area contributed by atoms with Gasteiger partial charge in [-0.15, -0.1) is 0 Å². The van der Waals surface area contributed by atoms with Gasteiger partial charge in [-0.05, 0) is 0 Å². The van der Waals surface area contributed by atoms with Crippen LogP contribution in [0.4, 0.5) is 0 Å². The zero-order valence-corrected chi connectivity index (χ0v) is 31.8. The molecule has 5 rings (SSSR count). The number of thioether (sulfide) groups is 2. The molecule has 0 atom stereocenters. The Balaban J connectivity index is 1.73. The molecule has 0 aliphatic carbocycles. The molecule has 0 bridgehead atoms. The topological polar surface area (TPSA) is 0 Å². The summed E-state index contributed by atoms with van der Waals surface area (Å²) in [7, 11) is -1.57. The molecule has 5 aromatic carbocycles. The summed E-state index contributed by atoms with van der Waals surface area (Å²) in [5.41, 5.74) is 6.31. The first-order valence-corrected chi connectivity index (χ1v) is 26.6. The van der Waals surface area contributed by atoms with Crippen molar-refractivity contribution in [3.63, 3.8) is 0 Å². The van der Waals surface area contributed by atoms with E-state index in [1.165, 1.54) is 24.8 Å². The van der Waals surface area contributed by atoms with Crippen LogP contribution in [0.15, 0.2) is 172 Å². The molecular formula is C41H40S2SiSn. The first-order valence-electron chi connectivity index (χ1n) is 15.4. The molecule has 0 aliphatic rings. The van der Waals surface area contributed by atoms with E-state index in [-0.39, 0.29) is 0 Å². The monoisotopic (exact) mass is 744 g/mol. The summed E-state index contributed by atoms with van der Waals surface area (Å²) in [6.07, 6.45) is 4.78. The summed E-state index contributed by atoms with van der Waals surface area (Å²) in [6, 6.07) is 55.5. The molecule has 0 heterocycles. The van der Waals surface area contributed by atoms with Crippen LogP contribution in [0, 0.1) is 11.5 Å². The standard InChI is InChI=1S/C23H25S2Si.3C6H5.Sn/c1-26(2,3)18-16-23(25-20-22-13-8-5-9-14-22)15-10-17-24-19-21-11-6-4-7-12-21;3*1-2-4-6-5-3-1;/h4-15H,19-20H2,1-3H3;3*1-5H;/b17-10?,23-15-;;;;. The van der Waals surface area contributed by atoms with E-state index >= 15 is 0 Å².